The van der Waals surface area contributed by atoms with Gasteiger partial charge in [-0.2, -0.15) is 8.78 Å². The predicted molar refractivity (Wildman–Crippen MR) is 55.3 cm³/mol. The molecule has 18 heavy (non-hydrogen) atoms. The lowest BCUT2D eigenvalue weighted by Crippen LogP contribution is -2.37. The van der Waals surface area contributed by atoms with Crippen LogP contribution in [0.2, 0.25) is 0 Å². The van der Waals surface area contributed by atoms with E-state index < -0.39 is 28.4 Å². The zero-order valence-corrected chi connectivity index (χ0v) is 9.26. The van der Waals surface area contributed by atoms with Crippen molar-refractivity contribution in [3.8, 4) is 5.75 Å². The third-order valence-corrected chi connectivity index (χ3v) is 1.81. The van der Waals surface area contributed by atoms with Gasteiger partial charge >= 0.3 is 17.8 Å². The minimum Gasteiger partial charge on any atom is -0.459 e. The number of esters is 1. The number of benzene rings is 1. The number of nitrogens with zero attached hydrogens (tertiary/aromatic N) is 1. The van der Waals surface area contributed by atoms with Crippen LogP contribution in [0.4, 0.5) is 14.5 Å². The first kappa shape index (κ1) is 13.8. The van der Waals surface area contributed by atoms with Crippen molar-refractivity contribution in [1.29, 1.82) is 0 Å². The minimum atomic E-state index is -4.28. The van der Waals surface area contributed by atoms with E-state index in [4.69, 9.17) is 0 Å². The molecule has 0 saturated carbocycles. The summed E-state index contributed by atoms with van der Waals surface area (Å²) in [6.07, 6.45) is -4.28. The van der Waals surface area contributed by atoms with Gasteiger partial charge in [0.05, 0.1) is 11.5 Å². The van der Waals surface area contributed by atoms with E-state index in [2.05, 4.69) is 9.47 Å². The highest BCUT2D eigenvalue weighted by molar-refractivity contribution is 5.76. The molecule has 0 spiro atoms. The third-order valence-electron chi connectivity index (χ3n) is 1.81. The summed E-state index contributed by atoms with van der Waals surface area (Å²) in [6, 6.07) is 4.50. The van der Waals surface area contributed by atoms with Gasteiger partial charge in [0.1, 0.15) is 0 Å². The van der Waals surface area contributed by atoms with E-state index in [1.165, 1.54) is 19.1 Å². The number of carbonyl (C=O) groups is 1. The highest BCUT2D eigenvalue weighted by Gasteiger charge is 2.45. The van der Waals surface area contributed by atoms with Crippen molar-refractivity contribution in [2.45, 2.75) is 13.0 Å². The fourth-order valence-corrected chi connectivity index (χ4v) is 1.09. The third kappa shape index (κ3) is 3.12. The predicted octanol–water partition coefficient (Wildman–Crippen LogP) is 2.13. The van der Waals surface area contributed by atoms with Crippen molar-refractivity contribution < 1.29 is 28.0 Å². The van der Waals surface area contributed by atoms with Gasteiger partial charge in [0, 0.05) is 6.07 Å². The lowest BCUT2D eigenvalue weighted by atomic mass is 10.3. The molecule has 0 unspecified atom stereocenters. The van der Waals surface area contributed by atoms with E-state index in [0.717, 1.165) is 12.1 Å². The van der Waals surface area contributed by atoms with E-state index in [0.29, 0.717) is 0 Å². The molecule has 0 atom stereocenters. The summed E-state index contributed by atoms with van der Waals surface area (Å²) >= 11 is 0. The molecule has 1 aromatic rings. The number of carbonyl (C=O) groups excluding carboxylic acids is 1. The SMILES string of the molecule is CCOC(=O)C(F)(F)Oc1ccccc1[N+](=O)[O-]. The average molecular weight is 261 g/mol. The number of para-hydroxylation sites is 2. The van der Waals surface area contributed by atoms with Crippen LogP contribution in [0.5, 0.6) is 5.75 Å². The number of nitro benzene ring substituents is 1. The van der Waals surface area contributed by atoms with Gasteiger partial charge in [-0.3, -0.25) is 10.1 Å². The maximum absolute atomic E-state index is 13.2. The molecule has 0 fully saturated rings. The number of ether oxygens (including phenoxy) is 2. The highest BCUT2D eigenvalue weighted by Crippen LogP contribution is 2.31. The molecule has 1 rings (SSSR count). The van der Waals surface area contributed by atoms with Crippen molar-refractivity contribution >= 4 is 11.7 Å². The van der Waals surface area contributed by atoms with E-state index in [9.17, 15) is 23.7 Å². The Bertz CT molecular complexity index is 463. The molecule has 0 radical (unpaired) electrons. The molecule has 6 nitrogen and oxygen atoms in total. The summed E-state index contributed by atoms with van der Waals surface area (Å²) in [4.78, 5) is 20.6. The van der Waals surface area contributed by atoms with Crippen molar-refractivity contribution in [3.63, 3.8) is 0 Å². The second-order valence-corrected chi connectivity index (χ2v) is 3.06. The summed E-state index contributed by atoms with van der Waals surface area (Å²) < 4.78 is 34.6. The quantitative estimate of drug-likeness (QED) is 0.461. The Balaban J connectivity index is 2.97. The second kappa shape index (κ2) is 5.39. The molecule has 0 amide bonds. The summed E-state index contributed by atoms with van der Waals surface area (Å²) in [7, 11) is 0. The number of alkyl halides is 2. The molecule has 0 N–H and O–H groups in total. The number of halogens is 2. The van der Waals surface area contributed by atoms with Crippen LogP contribution >= 0.6 is 0 Å². The molecule has 0 aliphatic carbocycles. The van der Waals surface area contributed by atoms with E-state index in [-0.39, 0.29) is 6.61 Å². The van der Waals surface area contributed by atoms with Crippen molar-refractivity contribution in [3.05, 3.63) is 34.4 Å². The Labute approximate surface area is 100 Å². The van der Waals surface area contributed by atoms with Crippen molar-refractivity contribution in [2.75, 3.05) is 6.61 Å². The van der Waals surface area contributed by atoms with Gasteiger partial charge in [-0.25, -0.2) is 4.79 Å². The number of hydrogen-bond acceptors (Lipinski definition) is 5. The minimum absolute atomic E-state index is 0.255. The maximum Gasteiger partial charge on any atom is 0.502 e. The molecule has 0 aromatic heterocycles. The Morgan fingerprint density at radius 3 is 2.61 bits per heavy atom. The zero-order valence-electron chi connectivity index (χ0n) is 9.26. The standard InChI is InChI=1S/C10H9F2NO5/c1-2-17-9(14)10(11,12)18-8-6-4-3-5-7(8)13(15)16/h3-6H,2H2,1H3. The largest absolute Gasteiger partial charge is 0.502 e. The lowest BCUT2D eigenvalue weighted by Gasteiger charge is -2.15. The van der Waals surface area contributed by atoms with Crippen LogP contribution in [0.25, 0.3) is 0 Å². The van der Waals surface area contributed by atoms with Crippen LogP contribution in [0.3, 0.4) is 0 Å². The van der Waals surface area contributed by atoms with Crippen LogP contribution in [0.15, 0.2) is 24.3 Å². The summed E-state index contributed by atoms with van der Waals surface area (Å²) in [6.45, 7) is 1.09. The van der Waals surface area contributed by atoms with E-state index in [1.807, 2.05) is 0 Å². The van der Waals surface area contributed by atoms with Crippen LogP contribution in [-0.2, 0) is 9.53 Å². The average Bonchev–Trinajstić information content (AvgIpc) is 2.29. The monoisotopic (exact) mass is 261 g/mol. The van der Waals surface area contributed by atoms with Gasteiger partial charge in [-0.1, -0.05) is 12.1 Å². The Morgan fingerprint density at radius 2 is 2.06 bits per heavy atom. The van der Waals surface area contributed by atoms with Gasteiger partial charge in [0.2, 0.25) is 5.75 Å². The first-order chi connectivity index (χ1) is 8.38. The normalized spacial score (nSPS) is 10.8. The van der Waals surface area contributed by atoms with Gasteiger partial charge in [-0.15, -0.1) is 0 Å². The van der Waals surface area contributed by atoms with Gasteiger partial charge in [0.25, 0.3) is 0 Å². The molecule has 0 aliphatic heterocycles. The van der Waals surface area contributed by atoms with Crippen LogP contribution in [-0.4, -0.2) is 23.6 Å². The van der Waals surface area contributed by atoms with Gasteiger partial charge in [0.15, 0.2) is 0 Å². The number of nitro groups is 1. The summed E-state index contributed by atoms with van der Waals surface area (Å²) in [5.74, 6) is -2.61. The van der Waals surface area contributed by atoms with E-state index in [1.54, 1.807) is 0 Å². The Kier molecular flexibility index (Phi) is 4.13. The van der Waals surface area contributed by atoms with Gasteiger partial charge in [-0.05, 0) is 13.0 Å². The van der Waals surface area contributed by atoms with Crippen LogP contribution in [0, 0.1) is 10.1 Å². The van der Waals surface area contributed by atoms with E-state index >= 15 is 0 Å². The molecule has 0 heterocycles. The molecule has 8 heteroatoms. The molecule has 98 valence electrons. The molecule has 0 saturated heterocycles. The number of hydrogen-bond donors (Lipinski definition) is 0. The summed E-state index contributed by atoms with van der Waals surface area (Å²) in [5, 5.41) is 10.6. The smallest absolute Gasteiger partial charge is 0.459 e. The highest BCUT2D eigenvalue weighted by atomic mass is 19.3. The first-order valence-corrected chi connectivity index (χ1v) is 4.86. The van der Waals surface area contributed by atoms with Crippen LogP contribution < -0.4 is 4.74 Å². The fraction of sp³-hybridized carbons (Fsp3) is 0.300. The molecule has 0 aliphatic rings. The topological polar surface area (TPSA) is 78.7 Å². The Hall–Kier alpha value is -2.25. The number of rotatable bonds is 5. The molecular formula is C10H9F2NO5. The molecule has 1 aromatic carbocycles. The fourth-order valence-electron chi connectivity index (χ4n) is 1.09. The molecule has 0 bridgehead atoms. The zero-order chi connectivity index (χ0) is 13.8. The summed E-state index contributed by atoms with van der Waals surface area (Å²) in [5.41, 5.74) is -0.665. The van der Waals surface area contributed by atoms with Crippen molar-refractivity contribution in [1.82, 2.24) is 0 Å². The maximum atomic E-state index is 13.2. The van der Waals surface area contributed by atoms with Gasteiger partial charge < -0.3 is 9.47 Å². The van der Waals surface area contributed by atoms with Crippen molar-refractivity contribution in [2.24, 2.45) is 0 Å². The second-order valence-electron chi connectivity index (χ2n) is 3.06. The lowest BCUT2D eigenvalue weighted by molar-refractivity contribution is -0.387. The Morgan fingerprint density at radius 1 is 1.44 bits per heavy atom. The van der Waals surface area contributed by atoms with Crippen LogP contribution in [0.1, 0.15) is 6.92 Å². The first-order valence-electron chi connectivity index (χ1n) is 4.86. The molecular weight excluding hydrogens is 252 g/mol.